The molecule has 1 spiro atoms. The van der Waals surface area contributed by atoms with E-state index in [0.29, 0.717) is 18.7 Å². The third kappa shape index (κ3) is 5.91. The highest BCUT2D eigenvalue weighted by molar-refractivity contribution is 7.89. The summed E-state index contributed by atoms with van der Waals surface area (Å²) in [4.78, 5) is 27.3. The Kier molecular flexibility index (Phi) is 7.45. The topological polar surface area (TPSA) is 108 Å². The summed E-state index contributed by atoms with van der Waals surface area (Å²) in [7, 11) is -3.10. The Morgan fingerprint density at radius 1 is 1.20 bits per heavy atom. The lowest BCUT2D eigenvalue weighted by Crippen LogP contribution is -2.45. The van der Waals surface area contributed by atoms with Gasteiger partial charge in [0.05, 0.1) is 11.3 Å². The Hall–Kier alpha value is -2.21. The van der Waals surface area contributed by atoms with E-state index < -0.39 is 22.2 Å². The van der Waals surface area contributed by atoms with Crippen LogP contribution in [0.3, 0.4) is 0 Å². The number of carboxylic acids is 1. The van der Waals surface area contributed by atoms with E-state index >= 15 is 0 Å². The fourth-order valence-corrected chi connectivity index (χ4v) is 4.71. The van der Waals surface area contributed by atoms with E-state index in [-0.39, 0.29) is 17.1 Å². The first-order valence-corrected chi connectivity index (χ1v) is 11.0. The molecule has 8 nitrogen and oxygen atoms in total. The molecule has 0 atom stereocenters. The number of carbonyl (C=O) groups is 2. The van der Waals surface area contributed by atoms with Crippen molar-refractivity contribution >= 4 is 21.9 Å². The molecule has 2 aliphatic heterocycles. The zero-order valence-electron chi connectivity index (χ0n) is 16.4. The smallest absolute Gasteiger partial charge is 0.475 e. The molecule has 1 N–H and O–H groups in total. The summed E-state index contributed by atoms with van der Waals surface area (Å²) in [5.74, 6) is -2.57. The number of hydrogen-bond donors (Lipinski definition) is 1. The number of carbonyl (C=O) groups excluding carboxylic acids is 1. The molecular formula is C18H24F3N3O5S. The predicted molar refractivity (Wildman–Crippen MR) is 101 cm³/mol. The first-order valence-electron chi connectivity index (χ1n) is 9.37. The Balaban J connectivity index is 0.000000396. The Morgan fingerprint density at radius 2 is 1.77 bits per heavy atom. The van der Waals surface area contributed by atoms with Crippen LogP contribution in [0.5, 0.6) is 0 Å². The zero-order valence-corrected chi connectivity index (χ0v) is 17.2. The SMILES string of the molecule is CCS(=O)(=O)N1CCC2(CCN(C(=O)c3cccnc3)C2)CC1.O=C(O)C(F)(F)F. The molecule has 0 aromatic carbocycles. The Bertz CT molecular complexity index is 854. The number of pyridine rings is 1. The number of aliphatic carboxylic acids is 1. The highest BCUT2D eigenvalue weighted by atomic mass is 32.2. The van der Waals surface area contributed by atoms with Gasteiger partial charge in [-0.3, -0.25) is 9.78 Å². The molecule has 2 saturated heterocycles. The van der Waals surface area contributed by atoms with E-state index in [2.05, 4.69) is 4.98 Å². The van der Waals surface area contributed by atoms with Gasteiger partial charge in [0, 0.05) is 38.6 Å². The number of nitrogens with zero attached hydrogens (tertiary/aromatic N) is 3. The largest absolute Gasteiger partial charge is 0.490 e. The third-order valence-electron chi connectivity index (χ3n) is 5.42. The molecule has 0 bridgehead atoms. The van der Waals surface area contributed by atoms with E-state index in [9.17, 15) is 26.4 Å². The van der Waals surface area contributed by atoms with Crippen LogP contribution in [0.15, 0.2) is 24.5 Å². The number of rotatable bonds is 3. The molecule has 1 aromatic heterocycles. The minimum atomic E-state index is -5.08. The first-order chi connectivity index (χ1) is 13.9. The summed E-state index contributed by atoms with van der Waals surface area (Å²) in [5.41, 5.74) is 0.702. The van der Waals surface area contributed by atoms with Crippen molar-refractivity contribution in [2.45, 2.75) is 32.4 Å². The molecule has 3 heterocycles. The van der Waals surface area contributed by atoms with Crippen LogP contribution in [0.2, 0.25) is 0 Å². The molecule has 1 amide bonds. The van der Waals surface area contributed by atoms with Gasteiger partial charge in [0.1, 0.15) is 0 Å². The lowest BCUT2D eigenvalue weighted by molar-refractivity contribution is -0.192. The van der Waals surface area contributed by atoms with Crippen molar-refractivity contribution in [1.29, 1.82) is 0 Å². The zero-order chi connectivity index (χ0) is 22.6. The maximum absolute atomic E-state index is 12.5. The Morgan fingerprint density at radius 3 is 2.23 bits per heavy atom. The molecule has 30 heavy (non-hydrogen) atoms. The summed E-state index contributed by atoms with van der Waals surface area (Å²) < 4.78 is 57.3. The second kappa shape index (κ2) is 9.29. The molecule has 3 rings (SSSR count). The van der Waals surface area contributed by atoms with Crippen molar-refractivity contribution in [3.8, 4) is 0 Å². The Labute approximate surface area is 172 Å². The predicted octanol–water partition coefficient (Wildman–Crippen LogP) is 1.99. The maximum Gasteiger partial charge on any atom is 0.490 e. The van der Waals surface area contributed by atoms with Crippen LogP contribution >= 0.6 is 0 Å². The molecule has 2 aliphatic rings. The molecule has 12 heteroatoms. The van der Waals surface area contributed by atoms with Crippen molar-refractivity contribution < 1.29 is 36.3 Å². The minimum absolute atomic E-state index is 0.0265. The molecule has 0 saturated carbocycles. The van der Waals surface area contributed by atoms with Crippen LogP contribution in [0, 0.1) is 5.41 Å². The van der Waals surface area contributed by atoms with Crippen molar-refractivity contribution in [2.24, 2.45) is 5.41 Å². The van der Waals surface area contributed by atoms with Crippen molar-refractivity contribution in [1.82, 2.24) is 14.2 Å². The molecule has 0 aliphatic carbocycles. The molecule has 0 unspecified atom stereocenters. The average molecular weight is 451 g/mol. The number of piperidine rings is 1. The van der Waals surface area contributed by atoms with E-state index in [1.54, 1.807) is 35.8 Å². The lowest BCUT2D eigenvalue weighted by atomic mass is 9.78. The van der Waals surface area contributed by atoms with Gasteiger partial charge in [-0.2, -0.15) is 13.2 Å². The van der Waals surface area contributed by atoms with Crippen LogP contribution in [0.4, 0.5) is 13.2 Å². The normalized spacial score (nSPS) is 19.3. The molecule has 1 aromatic rings. The number of sulfonamides is 1. The van der Waals surface area contributed by atoms with Crippen LogP contribution in [0.1, 0.15) is 36.5 Å². The van der Waals surface area contributed by atoms with Gasteiger partial charge in [-0.1, -0.05) is 0 Å². The average Bonchev–Trinajstić information content (AvgIpc) is 3.11. The standard InChI is InChI=1S/C16H23N3O3S.C2HF3O2/c1-2-23(21,22)19-10-6-16(7-11-19)5-9-18(13-16)15(20)14-4-3-8-17-12-14;3-2(4,5)1(6)7/h3-4,8,12H,2,5-7,9-11,13H2,1H3;(H,6,7). The quantitative estimate of drug-likeness (QED) is 0.753. The number of halogens is 3. The number of aromatic nitrogens is 1. The van der Waals surface area contributed by atoms with Gasteiger partial charge >= 0.3 is 12.1 Å². The number of alkyl halides is 3. The number of hydrogen-bond acceptors (Lipinski definition) is 5. The van der Waals surface area contributed by atoms with Crippen LogP contribution < -0.4 is 0 Å². The van der Waals surface area contributed by atoms with Crippen LogP contribution in [-0.2, 0) is 14.8 Å². The van der Waals surface area contributed by atoms with Crippen LogP contribution in [-0.4, -0.2) is 77.7 Å². The molecular weight excluding hydrogens is 427 g/mol. The van der Waals surface area contributed by atoms with Crippen molar-refractivity contribution in [3.63, 3.8) is 0 Å². The fraction of sp³-hybridized carbons (Fsp3) is 0.611. The van der Waals surface area contributed by atoms with Gasteiger partial charge in [-0.05, 0) is 43.7 Å². The second-order valence-electron chi connectivity index (χ2n) is 7.32. The number of likely N-dealkylation sites (tertiary alicyclic amines) is 1. The van der Waals surface area contributed by atoms with Gasteiger partial charge < -0.3 is 10.0 Å². The van der Waals surface area contributed by atoms with Gasteiger partial charge in [0.25, 0.3) is 5.91 Å². The summed E-state index contributed by atoms with van der Waals surface area (Å²) in [5, 5.41) is 7.12. The summed E-state index contributed by atoms with van der Waals surface area (Å²) in [6, 6.07) is 3.56. The second-order valence-corrected chi connectivity index (χ2v) is 9.58. The van der Waals surface area contributed by atoms with Gasteiger partial charge in [-0.25, -0.2) is 17.5 Å². The maximum atomic E-state index is 12.5. The first kappa shape index (κ1) is 24.1. The highest BCUT2D eigenvalue weighted by Crippen LogP contribution is 2.41. The third-order valence-corrected chi connectivity index (χ3v) is 7.30. The van der Waals surface area contributed by atoms with E-state index in [1.807, 2.05) is 4.90 Å². The van der Waals surface area contributed by atoms with Crippen LogP contribution in [0.25, 0.3) is 0 Å². The monoisotopic (exact) mass is 451 g/mol. The van der Waals surface area contributed by atoms with E-state index in [1.165, 1.54) is 0 Å². The highest BCUT2D eigenvalue weighted by Gasteiger charge is 2.43. The summed E-state index contributed by atoms with van der Waals surface area (Å²) >= 11 is 0. The lowest BCUT2D eigenvalue weighted by Gasteiger charge is -2.38. The van der Waals surface area contributed by atoms with Gasteiger partial charge in [0.15, 0.2) is 0 Å². The molecule has 2 fully saturated rings. The molecule has 0 radical (unpaired) electrons. The summed E-state index contributed by atoms with van der Waals surface area (Å²) in [6.07, 6.45) is 0.807. The van der Waals surface area contributed by atoms with E-state index in [0.717, 1.165) is 32.4 Å². The van der Waals surface area contributed by atoms with E-state index in [4.69, 9.17) is 9.90 Å². The van der Waals surface area contributed by atoms with Crippen molar-refractivity contribution in [2.75, 3.05) is 31.9 Å². The van der Waals surface area contributed by atoms with Gasteiger partial charge in [0.2, 0.25) is 10.0 Å². The minimum Gasteiger partial charge on any atom is -0.475 e. The number of amides is 1. The summed E-state index contributed by atoms with van der Waals surface area (Å²) in [6.45, 7) is 4.30. The molecule has 168 valence electrons. The van der Waals surface area contributed by atoms with Crippen molar-refractivity contribution in [3.05, 3.63) is 30.1 Å². The van der Waals surface area contributed by atoms with Gasteiger partial charge in [-0.15, -0.1) is 0 Å². The fourth-order valence-electron chi connectivity index (χ4n) is 3.61. The number of carboxylic acid groups (broad SMARTS) is 1.